The van der Waals surface area contributed by atoms with E-state index in [1.807, 2.05) is 45.0 Å². The third kappa shape index (κ3) is 7.59. The maximum Gasteiger partial charge on any atom is 0.261 e. The summed E-state index contributed by atoms with van der Waals surface area (Å²) in [5.74, 6) is 1.75. The van der Waals surface area contributed by atoms with Gasteiger partial charge in [0.25, 0.3) is 5.91 Å². The molecule has 1 N–H and O–H groups in total. The molecule has 2 amide bonds. The topological polar surface area (TPSA) is 86.3 Å². The first-order chi connectivity index (χ1) is 15.8. The molecule has 2 rings (SSSR count). The SMILES string of the molecule is CCC(C(=O)NC(C)C)N(Cc1ccc(OC)cc1)C(=O)COc1cc(OC)cc(OC)c1. The molecule has 180 valence electrons. The molecule has 0 aromatic heterocycles. The van der Waals surface area contributed by atoms with E-state index in [-0.39, 0.29) is 31.0 Å². The highest BCUT2D eigenvalue weighted by atomic mass is 16.5. The van der Waals surface area contributed by atoms with Crippen molar-refractivity contribution in [3.8, 4) is 23.0 Å². The predicted molar refractivity (Wildman–Crippen MR) is 126 cm³/mol. The quantitative estimate of drug-likeness (QED) is 0.525. The van der Waals surface area contributed by atoms with Crippen LogP contribution in [-0.2, 0) is 16.1 Å². The lowest BCUT2D eigenvalue weighted by atomic mass is 10.1. The number of nitrogens with one attached hydrogen (secondary N) is 1. The number of carbonyl (C=O) groups excluding carboxylic acids is 2. The van der Waals surface area contributed by atoms with E-state index in [4.69, 9.17) is 18.9 Å². The van der Waals surface area contributed by atoms with Gasteiger partial charge in [0.2, 0.25) is 5.91 Å². The number of nitrogens with zero attached hydrogens (tertiary/aromatic N) is 1. The number of benzene rings is 2. The van der Waals surface area contributed by atoms with Crippen LogP contribution in [0.25, 0.3) is 0 Å². The highest BCUT2D eigenvalue weighted by Gasteiger charge is 2.29. The summed E-state index contributed by atoms with van der Waals surface area (Å²) in [5.41, 5.74) is 0.878. The Bertz CT molecular complexity index is 891. The van der Waals surface area contributed by atoms with Crippen LogP contribution in [0.5, 0.6) is 23.0 Å². The molecule has 0 spiro atoms. The van der Waals surface area contributed by atoms with Crippen molar-refractivity contribution in [2.45, 2.75) is 45.8 Å². The first-order valence-electron chi connectivity index (χ1n) is 10.9. The first kappa shape index (κ1) is 25.8. The van der Waals surface area contributed by atoms with Crippen LogP contribution in [0.4, 0.5) is 0 Å². The molecule has 0 bridgehead atoms. The standard InChI is InChI=1S/C25H34N2O6/c1-7-23(25(29)26-17(2)3)27(15-18-8-10-19(30-4)11-9-18)24(28)16-33-22-13-20(31-5)12-21(14-22)32-6/h8-14,17,23H,7,15-16H2,1-6H3,(H,26,29). The molecule has 0 fully saturated rings. The van der Waals surface area contributed by atoms with Gasteiger partial charge in [0.1, 0.15) is 29.0 Å². The van der Waals surface area contributed by atoms with Gasteiger partial charge in [0, 0.05) is 30.8 Å². The predicted octanol–water partition coefficient (Wildman–Crippen LogP) is 3.42. The molecule has 0 aliphatic heterocycles. The highest BCUT2D eigenvalue weighted by molar-refractivity contribution is 5.88. The van der Waals surface area contributed by atoms with E-state index in [0.717, 1.165) is 11.3 Å². The third-order valence-electron chi connectivity index (χ3n) is 5.02. The number of rotatable bonds is 12. The zero-order chi connectivity index (χ0) is 24.4. The number of amides is 2. The Kier molecular flexibility index (Phi) is 9.84. The molecule has 0 saturated carbocycles. The number of methoxy groups -OCH3 is 3. The van der Waals surface area contributed by atoms with Crippen molar-refractivity contribution >= 4 is 11.8 Å². The van der Waals surface area contributed by atoms with E-state index in [2.05, 4.69) is 5.32 Å². The third-order valence-corrected chi connectivity index (χ3v) is 5.02. The summed E-state index contributed by atoms with van der Waals surface area (Å²) in [4.78, 5) is 27.7. The highest BCUT2D eigenvalue weighted by Crippen LogP contribution is 2.27. The van der Waals surface area contributed by atoms with Gasteiger partial charge in [-0.15, -0.1) is 0 Å². The normalized spacial score (nSPS) is 11.5. The van der Waals surface area contributed by atoms with Gasteiger partial charge in [-0.1, -0.05) is 19.1 Å². The van der Waals surface area contributed by atoms with Crippen LogP contribution in [0, 0.1) is 0 Å². The molecule has 2 aromatic rings. The van der Waals surface area contributed by atoms with E-state index < -0.39 is 6.04 Å². The summed E-state index contributed by atoms with van der Waals surface area (Å²) in [5, 5.41) is 2.91. The van der Waals surface area contributed by atoms with E-state index in [9.17, 15) is 9.59 Å². The minimum atomic E-state index is -0.634. The van der Waals surface area contributed by atoms with Gasteiger partial charge >= 0.3 is 0 Å². The van der Waals surface area contributed by atoms with Crippen molar-refractivity contribution in [1.29, 1.82) is 0 Å². The van der Waals surface area contributed by atoms with Crippen molar-refractivity contribution in [2.75, 3.05) is 27.9 Å². The lowest BCUT2D eigenvalue weighted by molar-refractivity contribution is -0.143. The van der Waals surface area contributed by atoms with Crippen molar-refractivity contribution in [3.63, 3.8) is 0 Å². The van der Waals surface area contributed by atoms with Gasteiger partial charge in [0.15, 0.2) is 6.61 Å². The van der Waals surface area contributed by atoms with Gasteiger partial charge < -0.3 is 29.2 Å². The molecule has 2 aromatic carbocycles. The number of ether oxygens (including phenoxy) is 4. The second kappa shape index (κ2) is 12.6. The number of hydrogen-bond acceptors (Lipinski definition) is 6. The Morgan fingerprint density at radius 2 is 1.42 bits per heavy atom. The molecule has 0 saturated heterocycles. The Labute approximate surface area is 195 Å². The zero-order valence-corrected chi connectivity index (χ0v) is 20.2. The van der Waals surface area contributed by atoms with Crippen LogP contribution >= 0.6 is 0 Å². The van der Waals surface area contributed by atoms with E-state index >= 15 is 0 Å². The van der Waals surface area contributed by atoms with Gasteiger partial charge in [-0.2, -0.15) is 0 Å². The van der Waals surface area contributed by atoms with Crippen molar-refractivity contribution < 1.29 is 28.5 Å². The Morgan fingerprint density at radius 3 is 1.91 bits per heavy atom. The molecule has 8 nitrogen and oxygen atoms in total. The average Bonchev–Trinajstić information content (AvgIpc) is 2.82. The van der Waals surface area contributed by atoms with Crippen LogP contribution in [0.2, 0.25) is 0 Å². The average molecular weight is 459 g/mol. The fourth-order valence-electron chi connectivity index (χ4n) is 3.32. The number of hydrogen-bond donors (Lipinski definition) is 1. The molecule has 0 aliphatic carbocycles. The smallest absolute Gasteiger partial charge is 0.261 e. The summed E-state index contributed by atoms with van der Waals surface area (Å²) in [6, 6.07) is 11.8. The fourth-order valence-corrected chi connectivity index (χ4v) is 3.32. The molecule has 1 atom stereocenters. The summed E-state index contributed by atoms with van der Waals surface area (Å²) in [6.07, 6.45) is 0.466. The lowest BCUT2D eigenvalue weighted by Crippen LogP contribution is -2.51. The van der Waals surface area contributed by atoms with Gasteiger partial charge in [-0.05, 0) is 38.0 Å². The maximum atomic E-state index is 13.3. The molecular weight excluding hydrogens is 424 g/mol. The van der Waals surface area contributed by atoms with Crippen LogP contribution in [0.15, 0.2) is 42.5 Å². The number of carbonyl (C=O) groups is 2. The van der Waals surface area contributed by atoms with E-state index in [0.29, 0.717) is 23.7 Å². The van der Waals surface area contributed by atoms with E-state index in [1.54, 1.807) is 44.4 Å². The largest absolute Gasteiger partial charge is 0.497 e. The monoisotopic (exact) mass is 458 g/mol. The molecular formula is C25H34N2O6. The van der Waals surface area contributed by atoms with Crippen molar-refractivity contribution in [2.24, 2.45) is 0 Å². The van der Waals surface area contributed by atoms with Crippen molar-refractivity contribution in [3.05, 3.63) is 48.0 Å². The van der Waals surface area contributed by atoms with E-state index in [1.165, 1.54) is 0 Å². The maximum absolute atomic E-state index is 13.3. The zero-order valence-electron chi connectivity index (χ0n) is 20.2. The molecule has 1 unspecified atom stereocenters. The summed E-state index contributed by atoms with van der Waals surface area (Å²) in [7, 11) is 4.68. The molecule has 0 heterocycles. The summed E-state index contributed by atoms with van der Waals surface area (Å²) >= 11 is 0. The second-order valence-electron chi connectivity index (χ2n) is 7.79. The van der Waals surface area contributed by atoms with Crippen LogP contribution in [0.3, 0.4) is 0 Å². The summed E-state index contributed by atoms with van der Waals surface area (Å²) in [6.45, 7) is 5.68. The Hall–Kier alpha value is -3.42. The Morgan fingerprint density at radius 1 is 0.879 bits per heavy atom. The fraction of sp³-hybridized carbons (Fsp3) is 0.440. The Balaban J connectivity index is 2.24. The molecule has 8 heteroatoms. The summed E-state index contributed by atoms with van der Waals surface area (Å²) < 4.78 is 21.5. The van der Waals surface area contributed by atoms with Gasteiger partial charge in [0.05, 0.1) is 21.3 Å². The minimum Gasteiger partial charge on any atom is -0.497 e. The second-order valence-corrected chi connectivity index (χ2v) is 7.79. The molecule has 0 aliphatic rings. The molecule has 0 radical (unpaired) electrons. The van der Waals surface area contributed by atoms with Gasteiger partial charge in [-0.25, -0.2) is 0 Å². The van der Waals surface area contributed by atoms with Crippen molar-refractivity contribution in [1.82, 2.24) is 10.2 Å². The van der Waals surface area contributed by atoms with Crippen LogP contribution < -0.4 is 24.3 Å². The van der Waals surface area contributed by atoms with Crippen LogP contribution in [0.1, 0.15) is 32.8 Å². The van der Waals surface area contributed by atoms with Crippen LogP contribution in [-0.4, -0.2) is 56.7 Å². The van der Waals surface area contributed by atoms with Gasteiger partial charge in [-0.3, -0.25) is 9.59 Å². The lowest BCUT2D eigenvalue weighted by Gasteiger charge is -2.31. The molecule has 33 heavy (non-hydrogen) atoms. The first-order valence-corrected chi connectivity index (χ1v) is 10.9. The minimum absolute atomic E-state index is 0.0370.